The number of benzene rings is 2. The molecule has 2 aromatic carbocycles. The second-order valence-corrected chi connectivity index (χ2v) is 9.50. The van der Waals surface area contributed by atoms with Gasteiger partial charge in [-0.25, -0.2) is 4.99 Å². The fourth-order valence-electron chi connectivity index (χ4n) is 3.48. The number of phenolic OH excluding ortho intramolecular Hbond substituents is 1. The predicted octanol–water partition coefficient (Wildman–Crippen LogP) is 6.46. The summed E-state index contributed by atoms with van der Waals surface area (Å²) < 4.78 is 1.16. The standard InChI is InChI=1S/C21H18Br2N2O2S/c22-16-10-13(11-17(23)19(16)26)12-18-20(27)25(15-8-4-5-9-15)21(28-18)24-14-6-2-1-3-7-14/h1-3,6-7,10-12,15,26H,4-5,8-9H2/b18-12+,24-21?. The van der Waals surface area contributed by atoms with E-state index in [4.69, 9.17) is 4.99 Å². The van der Waals surface area contributed by atoms with Gasteiger partial charge < -0.3 is 5.11 Å². The van der Waals surface area contributed by atoms with Crippen LogP contribution >= 0.6 is 43.6 Å². The van der Waals surface area contributed by atoms with Gasteiger partial charge in [-0.2, -0.15) is 0 Å². The molecule has 144 valence electrons. The molecule has 2 aliphatic rings. The Kier molecular flexibility index (Phi) is 5.94. The summed E-state index contributed by atoms with van der Waals surface area (Å²) >= 11 is 8.11. The van der Waals surface area contributed by atoms with Gasteiger partial charge in [0.1, 0.15) is 5.75 Å². The van der Waals surface area contributed by atoms with Crippen molar-refractivity contribution in [2.45, 2.75) is 31.7 Å². The molecular formula is C21H18Br2N2O2S. The quantitative estimate of drug-likeness (QED) is 0.471. The van der Waals surface area contributed by atoms with Gasteiger partial charge in [-0.1, -0.05) is 31.0 Å². The molecule has 1 aliphatic heterocycles. The third-order valence-corrected chi connectivity index (χ3v) is 7.04. The molecule has 1 N–H and O–H groups in total. The molecule has 0 radical (unpaired) electrons. The van der Waals surface area contributed by atoms with Crippen molar-refractivity contribution in [3.05, 3.63) is 61.9 Å². The van der Waals surface area contributed by atoms with E-state index in [1.54, 1.807) is 12.1 Å². The van der Waals surface area contributed by atoms with Crippen molar-refractivity contribution in [2.24, 2.45) is 4.99 Å². The number of hydrogen-bond donors (Lipinski definition) is 1. The summed E-state index contributed by atoms with van der Waals surface area (Å²) in [5, 5.41) is 10.7. The summed E-state index contributed by atoms with van der Waals surface area (Å²) in [5.41, 5.74) is 1.68. The molecule has 0 aromatic heterocycles. The maximum Gasteiger partial charge on any atom is 0.267 e. The number of aromatic hydroxyl groups is 1. The number of aliphatic imine (C=N–C) groups is 1. The molecule has 1 heterocycles. The Morgan fingerprint density at radius 2 is 1.75 bits per heavy atom. The van der Waals surface area contributed by atoms with Gasteiger partial charge >= 0.3 is 0 Å². The van der Waals surface area contributed by atoms with Crippen LogP contribution in [0.15, 0.2) is 61.3 Å². The van der Waals surface area contributed by atoms with Crippen molar-refractivity contribution in [1.82, 2.24) is 4.90 Å². The van der Waals surface area contributed by atoms with Crippen molar-refractivity contribution in [3.63, 3.8) is 0 Å². The van der Waals surface area contributed by atoms with Crippen LogP contribution in [-0.4, -0.2) is 27.1 Å². The Morgan fingerprint density at radius 1 is 1.11 bits per heavy atom. The second kappa shape index (κ2) is 8.43. The smallest absolute Gasteiger partial charge is 0.267 e. The number of carbonyl (C=O) groups excluding carboxylic acids is 1. The number of halogens is 2. The Balaban J connectivity index is 1.72. The Labute approximate surface area is 185 Å². The van der Waals surface area contributed by atoms with Crippen molar-refractivity contribution in [3.8, 4) is 5.75 Å². The molecule has 1 saturated heterocycles. The minimum atomic E-state index is 0.00639. The average Bonchev–Trinajstić information content (AvgIpc) is 3.29. The van der Waals surface area contributed by atoms with Crippen LogP contribution in [0.4, 0.5) is 5.69 Å². The Morgan fingerprint density at radius 3 is 2.39 bits per heavy atom. The fraction of sp³-hybridized carbons (Fsp3) is 0.238. The van der Waals surface area contributed by atoms with Crippen molar-refractivity contribution in [1.29, 1.82) is 0 Å². The Bertz CT molecular complexity index is 947. The second-order valence-electron chi connectivity index (χ2n) is 6.79. The predicted molar refractivity (Wildman–Crippen MR) is 122 cm³/mol. The monoisotopic (exact) mass is 520 g/mol. The van der Waals surface area contributed by atoms with Crippen LogP contribution in [0.25, 0.3) is 6.08 Å². The number of thioether (sulfide) groups is 1. The first-order valence-electron chi connectivity index (χ1n) is 9.08. The topological polar surface area (TPSA) is 52.9 Å². The zero-order chi connectivity index (χ0) is 19.7. The summed E-state index contributed by atoms with van der Waals surface area (Å²) in [6.07, 6.45) is 6.19. The van der Waals surface area contributed by atoms with Crippen LogP contribution in [0.2, 0.25) is 0 Å². The van der Waals surface area contributed by atoms with E-state index >= 15 is 0 Å². The van der Waals surface area contributed by atoms with E-state index in [1.807, 2.05) is 41.3 Å². The van der Waals surface area contributed by atoms with E-state index in [0.717, 1.165) is 42.1 Å². The zero-order valence-corrected chi connectivity index (χ0v) is 18.9. The van der Waals surface area contributed by atoms with Gasteiger partial charge in [0.25, 0.3) is 5.91 Å². The largest absolute Gasteiger partial charge is 0.506 e. The molecule has 4 rings (SSSR count). The number of nitrogens with zero attached hydrogens (tertiary/aromatic N) is 2. The highest BCUT2D eigenvalue weighted by atomic mass is 79.9. The summed E-state index contributed by atoms with van der Waals surface area (Å²) in [4.78, 5) is 20.5. The highest BCUT2D eigenvalue weighted by Gasteiger charge is 2.39. The van der Waals surface area contributed by atoms with Crippen molar-refractivity contribution >= 4 is 66.5 Å². The third kappa shape index (κ3) is 4.07. The number of carbonyl (C=O) groups is 1. The molecule has 1 amide bonds. The lowest BCUT2D eigenvalue weighted by Crippen LogP contribution is -2.37. The number of phenols is 1. The van der Waals surface area contributed by atoms with Gasteiger partial charge in [0, 0.05) is 6.04 Å². The van der Waals surface area contributed by atoms with E-state index < -0.39 is 0 Å². The SMILES string of the molecule is O=C1/C(=C\c2cc(Br)c(O)c(Br)c2)SC(=Nc2ccccc2)N1C1CCCC1. The van der Waals surface area contributed by atoms with Crippen molar-refractivity contribution in [2.75, 3.05) is 0 Å². The number of hydrogen-bond acceptors (Lipinski definition) is 4. The molecule has 4 nitrogen and oxygen atoms in total. The number of amides is 1. The molecular weight excluding hydrogens is 504 g/mol. The molecule has 1 aliphatic carbocycles. The fourth-order valence-corrected chi connectivity index (χ4v) is 5.76. The molecule has 7 heteroatoms. The molecule has 0 unspecified atom stereocenters. The molecule has 28 heavy (non-hydrogen) atoms. The number of rotatable bonds is 3. The van der Waals surface area contributed by atoms with Crippen LogP contribution in [-0.2, 0) is 4.79 Å². The van der Waals surface area contributed by atoms with E-state index in [9.17, 15) is 9.90 Å². The molecule has 0 atom stereocenters. The third-order valence-electron chi connectivity index (χ3n) is 4.84. The molecule has 0 bridgehead atoms. The molecule has 2 aromatic rings. The van der Waals surface area contributed by atoms with Crippen molar-refractivity contribution < 1.29 is 9.90 Å². The average molecular weight is 522 g/mol. The number of amidine groups is 1. The van der Waals surface area contributed by atoms with Gasteiger partial charge in [0.05, 0.1) is 19.5 Å². The highest BCUT2D eigenvalue weighted by molar-refractivity contribution is 9.11. The minimum Gasteiger partial charge on any atom is -0.506 e. The highest BCUT2D eigenvalue weighted by Crippen LogP contribution is 2.40. The summed E-state index contributed by atoms with van der Waals surface area (Å²) in [5.74, 6) is 0.151. The van der Waals surface area contributed by atoms with E-state index in [0.29, 0.717) is 13.9 Å². The molecule has 1 saturated carbocycles. The van der Waals surface area contributed by atoms with Gasteiger partial charge in [0.15, 0.2) is 5.17 Å². The lowest BCUT2D eigenvalue weighted by atomic mass is 10.2. The van der Waals surface area contributed by atoms with Gasteiger partial charge in [-0.3, -0.25) is 9.69 Å². The summed E-state index contributed by atoms with van der Waals surface area (Å²) in [6, 6.07) is 13.6. The molecule has 2 fully saturated rings. The summed E-state index contributed by atoms with van der Waals surface area (Å²) in [6.45, 7) is 0. The van der Waals surface area contributed by atoms with E-state index in [2.05, 4.69) is 31.9 Å². The van der Waals surface area contributed by atoms with Crippen LogP contribution < -0.4 is 0 Å². The van der Waals surface area contributed by atoms with Crippen LogP contribution in [0.5, 0.6) is 5.75 Å². The maximum atomic E-state index is 13.2. The first-order valence-corrected chi connectivity index (χ1v) is 11.5. The van der Waals surface area contributed by atoms with Gasteiger partial charge in [-0.15, -0.1) is 0 Å². The number of para-hydroxylation sites is 1. The first-order chi connectivity index (χ1) is 13.5. The lowest BCUT2D eigenvalue weighted by Gasteiger charge is -2.22. The minimum absolute atomic E-state index is 0.00639. The lowest BCUT2D eigenvalue weighted by molar-refractivity contribution is -0.123. The zero-order valence-electron chi connectivity index (χ0n) is 14.9. The maximum absolute atomic E-state index is 13.2. The Hall–Kier alpha value is -1.57. The van der Waals surface area contributed by atoms with Crippen LogP contribution in [0.1, 0.15) is 31.2 Å². The van der Waals surface area contributed by atoms with Gasteiger partial charge in [-0.05, 0) is 92.4 Å². The first kappa shape index (κ1) is 19.7. The van der Waals surface area contributed by atoms with Crippen LogP contribution in [0.3, 0.4) is 0 Å². The van der Waals surface area contributed by atoms with Gasteiger partial charge in [0.2, 0.25) is 0 Å². The summed E-state index contributed by atoms with van der Waals surface area (Å²) in [7, 11) is 0. The van der Waals surface area contributed by atoms with Crippen LogP contribution in [0, 0.1) is 0 Å². The molecule has 0 spiro atoms. The van der Waals surface area contributed by atoms with E-state index in [1.165, 1.54) is 11.8 Å². The van der Waals surface area contributed by atoms with E-state index in [-0.39, 0.29) is 17.7 Å². The normalized spacial score (nSPS) is 20.6.